The van der Waals surface area contributed by atoms with Crippen LogP contribution in [-0.2, 0) is 14.8 Å². The third-order valence-electron chi connectivity index (χ3n) is 5.00. The minimum absolute atomic E-state index is 0.197. The third-order valence-corrected chi connectivity index (χ3v) is 6.38. The lowest BCUT2D eigenvalue weighted by Crippen LogP contribution is -2.37. The summed E-state index contributed by atoms with van der Waals surface area (Å²) in [4.78, 5) is 15.6. The van der Waals surface area contributed by atoms with Crippen LogP contribution in [0.3, 0.4) is 0 Å². The van der Waals surface area contributed by atoms with E-state index >= 15 is 0 Å². The lowest BCUT2D eigenvalue weighted by molar-refractivity contribution is 0.122. The van der Waals surface area contributed by atoms with Gasteiger partial charge in [0.05, 0.1) is 35.2 Å². The molecule has 1 N–H and O–H groups in total. The molecule has 1 aliphatic rings. The molecular weight excluding hydrogens is 402 g/mol. The summed E-state index contributed by atoms with van der Waals surface area (Å²) in [5, 5.41) is 0. The van der Waals surface area contributed by atoms with Crippen LogP contribution in [0.2, 0.25) is 0 Å². The zero-order chi connectivity index (χ0) is 21.1. The number of nitrogens with one attached hydrogen (secondary N) is 1. The van der Waals surface area contributed by atoms with Gasteiger partial charge in [-0.05, 0) is 32.0 Å². The van der Waals surface area contributed by atoms with Crippen LogP contribution in [0.5, 0.6) is 0 Å². The van der Waals surface area contributed by atoms with Crippen molar-refractivity contribution in [3.63, 3.8) is 0 Å². The number of benzene rings is 1. The Morgan fingerprint density at radius 2 is 1.73 bits per heavy atom. The molecule has 3 heterocycles. The summed E-state index contributed by atoms with van der Waals surface area (Å²) in [7, 11) is -3.72. The molecule has 1 fully saturated rings. The largest absolute Gasteiger partial charge is 0.378 e. The zero-order valence-corrected chi connectivity index (χ0v) is 17.7. The summed E-state index contributed by atoms with van der Waals surface area (Å²) in [6.45, 7) is 6.42. The SMILES string of the molecule is Cc1ncc(-c2c(C)ncnc2N2CCOCC2)cc1NS(=O)(=O)c1ccccc1. The average molecular weight is 426 g/mol. The quantitative estimate of drug-likeness (QED) is 0.671. The Morgan fingerprint density at radius 3 is 2.47 bits per heavy atom. The summed E-state index contributed by atoms with van der Waals surface area (Å²) in [5.74, 6) is 0.799. The summed E-state index contributed by atoms with van der Waals surface area (Å²) in [5.41, 5.74) is 3.40. The molecule has 2 aromatic heterocycles. The van der Waals surface area contributed by atoms with Crippen molar-refractivity contribution in [3.05, 3.63) is 60.3 Å². The van der Waals surface area contributed by atoms with Crippen molar-refractivity contribution in [2.24, 2.45) is 0 Å². The number of hydrogen-bond acceptors (Lipinski definition) is 7. The number of anilines is 2. The second-order valence-corrected chi connectivity index (χ2v) is 8.72. The molecule has 3 aromatic rings. The molecule has 0 saturated carbocycles. The molecule has 30 heavy (non-hydrogen) atoms. The monoisotopic (exact) mass is 425 g/mol. The first-order valence-electron chi connectivity index (χ1n) is 9.65. The molecule has 0 aliphatic carbocycles. The number of aryl methyl sites for hydroxylation is 2. The van der Waals surface area contributed by atoms with Gasteiger partial charge >= 0.3 is 0 Å². The van der Waals surface area contributed by atoms with Gasteiger partial charge in [0, 0.05) is 30.4 Å². The normalized spacial score (nSPS) is 14.5. The van der Waals surface area contributed by atoms with Crippen LogP contribution in [0.25, 0.3) is 11.1 Å². The first-order valence-corrected chi connectivity index (χ1v) is 11.1. The van der Waals surface area contributed by atoms with Crippen LogP contribution in [-0.4, -0.2) is 49.7 Å². The Hall–Kier alpha value is -3.04. The van der Waals surface area contributed by atoms with Gasteiger partial charge in [-0.3, -0.25) is 9.71 Å². The molecule has 0 bridgehead atoms. The number of morpholine rings is 1. The lowest BCUT2D eigenvalue weighted by Gasteiger charge is -2.29. The van der Waals surface area contributed by atoms with Gasteiger partial charge in [-0.1, -0.05) is 18.2 Å². The molecule has 0 spiro atoms. The standard InChI is InChI=1S/C21H23N5O3S/c1-15-19(25-30(27,28)18-6-4-3-5-7-18)12-17(13-22-15)20-16(2)23-14-24-21(20)26-8-10-29-11-9-26/h3-7,12-14,25H,8-11H2,1-2H3. The van der Waals surface area contributed by atoms with Crippen LogP contribution in [0, 0.1) is 13.8 Å². The van der Waals surface area contributed by atoms with E-state index < -0.39 is 10.0 Å². The van der Waals surface area contributed by atoms with Crippen molar-refractivity contribution in [1.82, 2.24) is 15.0 Å². The van der Waals surface area contributed by atoms with Gasteiger partial charge in [-0.15, -0.1) is 0 Å². The van der Waals surface area contributed by atoms with Gasteiger partial charge in [-0.2, -0.15) is 0 Å². The maximum absolute atomic E-state index is 12.8. The summed E-state index contributed by atoms with van der Waals surface area (Å²) < 4.78 is 33.7. The minimum Gasteiger partial charge on any atom is -0.378 e. The smallest absolute Gasteiger partial charge is 0.261 e. The van der Waals surface area contributed by atoms with E-state index in [2.05, 4.69) is 24.6 Å². The lowest BCUT2D eigenvalue weighted by atomic mass is 10.0. The van der Waals surface area contributed by atoms with Gasteiger partial charge < -0.3 is 9.64 Å². The van der Waals surface area contributed by atoms with Gasteiger partial charge in [0.1, 0.15) is 12.1 Å². The Labute approximate surface area is 176 Å². The van der Waals surface area contributed by atoms with Crippen LogP contribution >= 0.6 is 0 Å². The summed E-state index contributed by atoms with van der Waals surface area (Å²) >= 11 is 0. The number of nitrogens with zero attached hydrogens (tertiary/aromatic N) is 4. The highest BCUT2D eigenvalue weighted by molar-refractivity contribution is 7.92. The van der Waals surface area contributed by atoms with Crippen LogP contribution < -0.4 is 9.62 Å². The molecule has 0 unspecified atom stereocenters. The Morgan fingerprint density at radius 1 is 1.00 bits per heavy atom. The maximum Gasteiger partial charge on any atom is 0.261 e. The van der Waals surface area contributed by atoms with Crippen LogP contribution in [0.15, 0.2) is 53.8 Å². The van der Waals surface area contributed by atoms with Crippen molar-refractivity contribution in [1.29, 1.82) is 0 Å². The highest BCUT2D eigenvalue weighted by Crippen LogP contribution is 2.33. The van der Waals surface area contributed by atoms with Crippen LogP contribution in [0.4, 0.5) is 11.5 Å². The Bertz CT molecular complexity index is 1150. The molecule has 9 heteroatoms. The fraction of sp³-hybridized carbons (Fsp3) is 0.286. The van der Waals surface area contributed by atoms with Gasteiger partial charge in [-0.25, -0.2) is 18.4 Å². The molecule has 0 radical (unpaired) electrons. The fourth-order valence-electron chi connectivity index (χ4n) is 3.39. The Balaban J connectivity index is 1.74. The maximum atomic E-state index is 12.8. The zero-order valence-electron chi connectivity index (χ0n) is 16.9. The van der Waals surface area contributed by atoms with E-state index in [1.165, 1.54) is 0 Å². The first kappa shape index (κ1) is 20.2. The molecule has 8 nitrogen and oxygen atoms in total. The van der Waals surface area contributed by atoms with E-state index in [-0.39, 0.29) is 4.90 Å². The second kappa shape index (κ2) is 8.37. The summed E-state index contributed by atoms with van der Waals surface area (Å²) in [6, 6.07) is 10.1. The van der Waals surface area contributed by atoms with E-state index in [1.807, 2.05) is 6.92 Å². The van der Waals surface area contributed by atoms with E-state index in [1.54, 1.807) is 55.8 Å². The van der Waals surface area contributed by atoms with E-state index in [9.17, 15) is 8.42 Å². The highest BCUT2D eigenvalue weighted by Gasteiger charge is 2.21. The number of rotatable bonds is 5. The van der Waals surface area contributed by atoms with Crippen molar-refractivity contribution in [2.75, 3.05) is 35.9 Å². The molecule has 1 aliphatic heterocycles. The highest BCUT2D eigenvalue weighted by atomic mass is 32.2. The predicted octanol–water partition coefficient (Wildman–Crippen LogP) is 2.79. The molecular formula is C21H23N5O3S. The second-order valence-electron chi connectivity index (χ2n) is 7.03. The van der Waals surface area contributed by atoms with Gasteiger partial charge in [0.2, 0.25) is 0 Å². The molecule has 0 amide bonds. The fourth-order valence-corrected chi connectivity index (χ4v) is 4.52. The molecule has 0 atom stereocenters. The van der Waals surface area contributed by atoms with Crippen molar-refractivity contribution in [2.45, 2.75) is 18.7 Å². The molecule has 1 saturated heterocycles. The number of ether oxygens (including phenoxy) is 1. The van der Waals surface area contributed by atoms with E-state index in [0.29, 0.717) is 24.6 Å². The van der Waals surface area contributed by atoms with Crippen LogP contribution in [0.1, 0.15) is 11.4 Å². The van der Waals surface area contributed by atoms with Crippen molar-refractivity contribution >= 4 is 21.5 Å². The van der Waals surface area contributed by atoms with E-state index in [4.69, 9.17) is 4.74 Å². The molecule has 4 rings (SSSR count). The molecule has 1 aromatic carbocycles. The predicted molar refractivity (Wildman–Crippen MR) is 115 cm³/mol. The van der Waals surface area contributed by atoms with E-state index in [0.717, 1.165) is 35.7 Å². The minimum atomic E-state index is -3.72. The third kappa shape index (κ3) is 4.12. The molecule has 156 valence electrons. The van der Waals surface area contributed by atoms with Crippen molar-refractivity contribution in [3.8, 4) is 11.1 Å². The first-order chi connectivity index (χ1) is 14.5. The van der Waals surface area contributed by atoms with Crippen molar-refractivity contribution < 1.29 is 13.2 Å². The summed E-state index contributed by atoms with van der Waals surface area (Å²) in [6.07, 6.45) is 3.27. The number of aromatic nitrogens is 3. The van der Waals surface area contributed by atoms with Gasteiger partial charge in [0.25, 0.3) is 10.0 Å². The van der Waals surface area contributed by atoms with Gasteiger partial charge in [0.15, 0.2) is 0 Å². The number of hydrogen-bond donors (Lipinski definition) is 1. The number of sulfonamides is 1. The average Bonchev–Trinajstić information content (AvgIpc) is 2.76. The topological polar surface area (TPSA) is 97.3 Å². The number of pyridine rings is 1. The Kier molecular flexibility index (Phi) is 5.65.